The van der Waals surface area contributed by atoms with Gasteiger partial charge >= 0.3 is 0 Å². The summed E-state index contributed by atoms with van der Waals surface area (Å²) < 4.78 is 28.5. The molecule has 150 valence electrons. The maximum Gasteiger partial charge on any atom is 0.263 e. The number of nitrogens with one attached hydrogen (secondary N) is 2. The van der Waals surface area contributed by atoms with E-state index in [4.69, 9.17) is 0 Å². The molecule has 0 aliphatic heterocycles. The number of sulfonamides is 1. The summed E-state index contributed by atoms with van der Waals surface area (Å²) in [6.07, 6.45) is 2.90. The minimum Gasteiger partial charge on any atom is -0.326 e. The van der Waals surface area contributed by atoms with Crippen LogP contribution in [0.15, 0.2) is 84.0 Å². The Bertz CT molecular complexity index is 1350. The fourth-order valence-electron chi connectivity index (χ4n) is 3.09. The van der Waals surface area contributed by atoms with Gasteiger partial charge in [0.2, 0.25) is 5.91 Å². The van der Waals surface area contributed by atoms with Crippen LogP contribution in [0, 0.1) is 0 Å². The Morgan fingerprint density at radius 1 is 0.867 bits per heavy atom. The van der Waals surface area contributed by atoms with E-state index in [1.165, 1.54) is 19.3 Å². The van der Waals surface area contributed by atoms with Gasteiger partial charge in [0.1, 0.15) is 5.69 Å². The first-order valence-electron chi connectivity index (χ1n) is 9.13. The minimum absolute atomic E-state index is 0.102. The predicted molar refractivity (Wildman–Crippen MR) is 117 cm³/mol. The summed E-state index contributed by atoms with van der Waals surface area (Å²) in [7, 11) is -3.89. The molecule has 30 heavy (non-hydrogen) atoms. The molecular weight excluding hydrogens is 400 g/mol. The molecule has 0 bridgehead atoms. The molecule has 4 rings (SSSR count). The number of anilines is 2. The van der Waals surface area contributed by atoms with E-state index < -0.39 is 10.0 Å². The molecule has 7 nitrogen and oxygen atoms in total. The minimum atomic E-state index is -3.89. The van der Waals surface area contributed by atoms with Gasteiger partial charge in [0.25, 0.3) is 10.0 Å². The SMILES string of the molecule is CC(=O)Nc1cccc(-c2nccnc2NS(=O)(=O)c2ccc3ccccc3c2)c1. The maximum absolute atomic E-state index is 13.0. The summed E-state index contributed by atoms with van der Waals surface area (Å²) >= 11 is 0. The first kappa shape index (κ1) is 19.5. The summed E-state index contributed by atoms with van der Waals surface area (Å²) in [5.41, 5.74) is 1.55. The largest absolute Gasteiger partial charge is 0.326 e. The molecule has 0 spiro atoms. The van der Waals surface area contributed by atoms with Crippen LogP contribution in [0.2, 0.25) is 0 Å². The maximum atomic E-state index is 13.0. The molecule has 0 aliphatic carbocycles. The summed E-state index contributed by atoms with van der Waals surface area (Å²) in [6, 6.07) is 19.4. The van der Waals surface area contributed by atoms with E-state index in [1.54, 1.807) is 42.5 Å². The van der Waals surface area contributed by atoms with Gasteiger partial charge in [0, 0.05) is 30.6 Å². The Morgan fingerprint density at radius 3 is 2.43 bits per heavy atom. The van der Waals surface area contributed by atoms with Crippen molar-refractivity contribution in [3.8, 4) is 11.3 Å². The number of carbonyl (C=O) groups excluding carboxylic acids is 1. The third-order valence-corrected chi connectivity index (χ3v) is 5.75. The molecule has 1 aromatic heterocycles. The van der Waals surface area contributed by atoms with Crippen LogP contribution in [0.5, 0.6) is 0 Å². The molecule has 0 aliphatic rings. The summed E-state index contributed by atoms with van der Waals surface area (Å²) in [5, 5.41) is 4.47. The average Bonchev–Trinajstić information content (AvgIpc) is 2.73. The van der Waals surface area contributed by atoms with E-state index in [0.29, 0.717) is 16.9 Å². The molecule has 3 aromatic carbocycles. The van der Waals surface area contributed by atoms with E-state index in [-0.39, 0.29) is 16.6 Å². The Hall–Kier alpha value is -3.78. The Labute approximate surface area is 173 Å². The summed E-state index contributed by atoms with van der Waals surface area (Å²) in [4.78, 5) is 19.9. The second-order valence-corrected chi connectivity index (χ2v) is 8.31. The normalized spacial score (nSPS) is 11.2. The first-order valence-corrected chi connectivity index (χ1v) is 10.6. The number of hydrogen-bond donors (Lipinski definition) is 2. The Morgan fingerprint density at radius 2 is 1.63 bits per heavy atom. The van der Waals surface area contributed by atoms with Crippen LogP contribution in [0.3, 0.4) is 0 Å². The molecule has 0 saturated carbocycles. The molecular formula is C22H18N4O3S. The molecule has 8 heteroatoms. The number of amides is 1. The number of hydrogen-bond acceptors (Lipinski definition) is 5. The van der Waals surface area contributed by atoms with Crippen LogP contribution in [0.4, 0.5) is 11.5 Å². The van der Waals surface area contributed by atoms with Crippen molar-refractivity contribution >= 4 is 38.2 Å². The van der Waals surface area contributed by atoms with E-state index in [0.717, 1.165) is 10.8 Å². The highest BCUT2D eigenvalue weighted by atomic mass is 32.2. The number of fused-ring (bicyclic) bond motifs is 1. The highest BCUT2D eigenvalue weighted by molar-refractivity contribution is 7.92. The van der Waals surface area contributed by atoms with Crippen molar-refractivity contribution in [3.05, 3.63) is 79.1 Å². The lowest BCUT2D eigenvalue weighted by molar-refractivity contribution is -0.114. The zero-order valence-corrected chi connectivity index (χ0v) is 16.8. The van der Waals surface area contributed by atoms with Gasteiger partial charge in [-0.25, -0.2) is 13.4 Å². The molecule has 0 atom stereocenters. The third kappa shape index (κ3) is 4.13. The second-order valence-electron chi connectivity index (χ2n) is 6.63. The predicted octanol–water partition coefficient (Wildman–Crippen LogP) is 4.06. The molecule has 2 N–H and O–H groups in total. The molecule has 1 heterocycles. The van der Waals surface area contributed by atoms with E-state index >= 15 is 0 Å². The van der Waals surface area contributed by atoms with Gasteiger partial charge in [-0.1, -0.05) is 42.5 Å². The van der Waals surface area contributed by atoms with Gasteiger partial charge in [0.15, 0.2) is 5.82 Å². The van der Waals surface area contributed by atoms with E-state index in [9.17, 15) is 13.2 Å². The Kier molecular flexibility index (Phi) is 5.16. The van der Waals surface area contributed by atoms with Crippen molar-refractivity contribution in [3.63, 3.8) is 0 Å². The fourth-order valence-corrected chi connectivity index (χ4v) is 4.14. The van der Waals surface area contributed by atoms with Crippen molar-refractivity contribution in [1.29, 1.82) is 0 Å². The topological polar surface area (TPSA) is 101 Å². The number of benzene rings is 3. The quantitative estimate of drug-likeness (QED) is 0.509. The fraction of sp³-hybridized carbons (Fsp3) is 0.0455. The van der Waals surface area contributed by atoms with Gasteiger partial charge < -0.3 is 5.32 Å². The molecule has 4 aromatic rings. The van der Waals surface area contributed by atoms with Crippen LogP contribution in [-0.4, -0.2) is 24.3 Å². The van der Waals surface area contributed by atoms with Crippen LogP contribution < -0.4 is 10.0 Å². The summed E-state index contributed by atoms with van der Waals surface area (Å²) in [5.74, 6) is -0.103. The molecule has 0 unspecified atom stereocenters. The van der Waals surface area contributed by atoms with Crippen molar-refractivity contribution in [2.45, 2.75) is 11.8 Å². The zero-order valence-electron chi connectivity index (χ0n) is 16.0. The lowest BCUT2D eigenvalue weighted by Crippen LogP contribution is -2.15. The van der Waals surface area contributed by atoms with Gasteiger partial charge in [-0.3, -0.25) is 14.5 Å². The van der Waals surface area contributed by atoms with E-state index in [2.05, 4.69) is 20.0 Å². The highest BCUT2D eigenvalue weighted by Gasteiger charge is 2.19. The lowest BCUT2D eigenvalue weighted by Gasteiger charge is -2.12. The standard InChI is InChI=1S/C22H18N4O3S/c1-15(27)25-19-8-4-7-18(13-19)21-22(24-12-11-23-21)26-30(28,29)20-10-9-16-5-2-3-6-17(16)14-20/h2-14H,1H3,(H,24,26)(H,25,27). The number of aromatic nitrogens is 2. The van der Waals surface area contributed by atoms with Crippen LogP contribution in [0.25, 0.3) is 22.0 Å². The van der Waals surface area contributed by atoms with E-state index in [1.807, 2.05) is 24.3 Å². The molecule has 0 fully saturated rings. The molecule has 0 saturated heterocycles. The van der Waals surface area contributed by atoms with Crippen molar-refractivity contribution < 1.29 is 13.2 Å². The number of nitrogens with zero attached hydrogens (tertiary/aromatic N) is 2. The highest BCUT2D eigenvalue weighted by Crippen LogP contribution is 2.28. The van der Waals surface area contributed by atoms with Crippen molar-refractivity contribution in [1.82, 2.24) is 9.97 Å². The average molecular weight is 418 g/mol. The second kappa shape index (κ2) is 7.92. The smallest absolute Gasteiger partial charge is 0.263 e. The Balaban J connectivity index is 1.71. The van der Waals surface area contributed by atoms with Crippen LogP contribution >= 0.6 is 0 Å². The van der Waals surface area contributed by atoms with Gasteiger partial charge in [-0.2, -0.15) is 0 Å². The van der Waals surface area contributed by atoms with Crippen molar-refractivity contribution in [2.75, 3.05) is 10.0 Å². The lowest BCUT2D eigenvalue weighted by atomic mass is 10.1. The van der Waals surface area contributed by atoms with Crippen molar-refractivity contribution in [2.24, 2.45) is 0 Å². The zero-order chi connectivity index (χ0) is 21.1. The third-order valence-electron chi connectivity index (χ3n) is 4.42. The first-order chi connectivity index (χ1) is 14.4. The number of rotatable bonds is 5. The van der Waals surface area contributed by atoms with Crippen LogP contribution in [0.1, 0.15) is 6.92 Å². The molecule has 1 amide bonds. The van der Waals surface area contributed by atoms with Gasteiger partial charge in [-0.05, 0) is 35.0 Å². The van der Waals surface area contributed by atoms with Gasteiger partial charge in [0.05, 0.1) is 4.90 Å². The monoisotopic (exact) mass is 418 g/mol. The summed E-state index contributed by atoms with van der Waals surface area (Å²) in [6.45, 7) is 1.41. The van der Waals surface area contributed by atoms with Crippen LogP contribution in [-0.2, 0) is 14.8 Å². The molecule has 0 radical (unpaired) electrons. The number of carbonyl (C=O) groups is 1. The van der Waals surface area contributed by atoms with Gasteiger partial charge in [-0.15, -0.1) is 0 Å².